The van der Waals surface area contributed by atoms with Crippen molar-refractivity contribution in [2.24, 2.45) is 5.92 Å². The number of carbonyl (C=O) groups excluding carboxylic acids is 2. The second-order valence-electron chi connectivity index (χ2n) is 6.16. The fraction of sp³-hybridized carbons (Fsp3) is 0.450. The fourth-order valence-corrected chi connectivity index (χ4v) is 2.57. The van der Waals surface area contributed by atoms with Crippen molar-refractivity contribution in [2.45, 2.75) is 40.3 Å². The molecule has 7 heteroatoms. The summed E-state index contributed by atoms with van der Waals surface area (Å²) in [7, 11) is 0. The Morgan fingerprint density at radius 3 is 2.48 bits per heavy atom. The third-order valence-corrected chi connectivity index (χ3v) is 3.78. The van der Waals surface area contributed by atoms with Gasteiger partial charge in [0.2, 0.25) is 5.88 Å². The molecule has 0 spiro atoms. The number of rotatable bonds is 10. The molecule has 1 aromatic heterocycles. The number of hydrogen-bond acceptors (Lipinski definition) is 6. The number of aromatic nitrogens is 2. The molecular formula is C20H26N2O5. The highest BCUT2D eigenvalue weighted by molar-refractivity contribution is 5.87. The number of ether oxygens (including phenoxy) is 3. The highest BCUT2D eigenvalue weighted by atomic mass is 16.5. The number of carbonyl (C=O) groups is 2. The van der Waals surface area contributed by atoms with Gasteiger partial charge < -0.3 is 14.2 Å². The van der Waals surface area contributed by atoms with Crippen LogP contribution in [0.1, 0.15) is 43.2 Å². The van der Waals surface area contributed by atoms with Crippen molar-refractivity contribution >= 4 is 11.9 Å². The quantitative estimate of drug-likeness (QED) is 0.594. The molecule has 0 saturated heterocycles. The molecule has 146 valence electrons. The Morgan fingerprint density at radius 2 is 1.81 bits per heavy atom. The van der Waals surface area contributed by atoms with Gasteiger partial charge in [0.1, 0.15) is 12.3 Å². The van der Waals surface area contributed by atoms with Gasteiger partial charge >= 0.3 is 11.9 Å². The second-order valence-corrected chi connectivity index (χ2v) is 6.16. The summed E-state index contributed by atoms with van der Waals surface area (Å²) in [6.45, 7) is 6.75. The molecule has 0 N–H and O–H groups in total. The third kappa shape index (κ3) is 6.44. The molecule has 1 unspecified atom stereocenters. The van der Waals surface area contributed by atoms with E-state index < -0.39 is 5.97 Å². The summed E-state index contributed by atoms with van der Waals surface area (Å²) in [5.41, 5.74) is 1.30. The molecular weight excluding hydrogens is 348 g/mol. The van der Waals surface area contributed by atoms with Gasteiger partial charge in [0.25, 0.3) is 0 Å². The first-order valence-electron chi connectivity index (χ1n) is 9.10. The zero-order valence-corrected chi connectivity index (χ0v) is 16.0. The zero-order chi connectivity index (χ0) is 19.6. The number of nitrogens with zero attached hydrogens (tertiary/aromatic N) is 2. The van der Waals surface area contributed by atoms with E-state index in [4.69, 9.17) is 14.2 Å². The number of esters is 2. The van der Waals surface area contributed by atoms with Gasteiger partial charge in [-0.3, -0.25) is 9.48 Å². The molecule has 27 heavy (non-hydrogen) atoms. The zero-order valence-electron chi connectivity index (χ0n) is 16.0. The summed E-state index contributed by atoms with van der Waals surface area (Å²) in [6.07, 6.45) is 0.246. The lowest BCUT2D eigenvalue weighted by Gasteiger charge is -2.12. The average molecular weight is 374 g/mol. The van der Waals surface area contributed by atoms with Gasteiger partial charge in [-0.2, -0.15) is 0 Å². The summed E-state index contributed by atoms with van der Waals surface area (Å²) in [6, 6.07) is 11.3. The van der Waals surface area contributed by atoms with Gasteiger partial charge in [0, 0.05) is 19.0 Å². The largest absolute Gasteiger partial charge is 0.472 e. The minimum Gasteiger partial charge on any atom is -0.472 e. The molecule has 0 aliphatic heterocycles. The van der Waals surface area contributed by atoms with Crippen molar-refractivity contribution in [2.75, 3.05) is 13.2 Å². The highest BCUT2D eigenvalue weighted by Crippen LogP contribution is 2.18. The van der Waals surface area contributed by atoms with Crippen LogP contribution < -0.4 is 4.74 Å². The Morgan fingerprint density at radius 1 is 1.11 bits per heavy atom. The molecule has 0 aliphatic carbocycles. The maximum Gasteiger partial charge on any atom is 0.356 e. The van der Waals surface area contributed by atoms with E-state index >= 15 is 0 Å². The first-order chi connectivity index (χ1) is 13.0. The fourth-order valence-electron chi connectivity index (χ4n) is 2.57. The lowest BCUT2D eigenvalue weighted by Crippen LogP contribution is -2.19. The molecule has 0 saturated carbocycles. The van der Waals surface area contributed by atoms with E-state index in [9.17, 15) is 9.59 Å². The monoisotopic (exact) mass is 374 g/mol. The molecule has 1 atom stereocenters. The molecule has 0 aliphatic rings. The summed E-state index contributed by atoms with van der Waals surface area (Å²) in [4.78, 5) is 23.9. The van der Waals surface area contributed by atoms with E-state index in [1.54, 1.807) is 19.9 Å². The van der Waals surface area contributed by atoms with E-state index in [1.807, 2.05) is 37.3 Å². The predicted octanol–water partition coefficient (Wildman–Crippen LogP) is 3.23. The first kappa shape index (κ1) is 20.5. The third-order valence-electron chi connectivity index (χ3n) is 3.78. The van der Waals surface area contributed by atoms with Crippen LogP contribution in [0.2, 0.25) is 0 Å². The SMILES string of the molecule is CCOC(=O)CC(C)Cn1nc(OCc2ccccc2)cc1C(=O)OCC. The van der Waals surface area contributed by atoms with Crippen LogP contribution in [0.5, 0.6) is 5.88 Å². The molecule has 0 bridgehead atoms. The Labute approximate surface area is 159 Å². The Kier molecular flexibility index (Phi) is 7.85. The number of benzene rings is 1. The molecule has 1 heterocycles. The van der Waals surface area contributed by atoms with Crippen LogP contribution in [-0.4, -0.2) is 34.9 Å². The smallest absolute Gasteiger partial charge is 0.356 e. The second kappa shape index (κ2) is 10.4. The van der Waals surface area contributed by atoms with Gasteiger partial charge in [-0.05, 0) is 25.3 Å². The molecule has 2 rings (SSSR count). The summed E-state index contributed by atoms with van der Waals surface area (Å²) >= 11 is 0. The molecule has 0 fully saturated rings. The van der Waals surface area contributed by atoms with E-state index in [1.165, 1.54) is 4.68 Å². The van der Waals surface area contributed by atoms with Crippen molar-refractivity contribution in [3.05, 3.63) is 47.7 Å². The van der Waals surface area contributed by atoms with Gasteiger partial charge in [0.15, 0.2) is 0 Å². The maximum atomic E-state index is 12.2. The molecule has 0 amide bonds. The van der Waals surface area contributed by atoms with E-state index in [0.29, 0.717) is 31.3 Å². The van der Waals surface area contributed by atoms with Crippen LogP contribution in [0.3, 0.4) is 0 Å². The highest BCUT2D eigenvalue weighted by Gasteiger charge is 2.20. The molecule has 7 nitrogen and oxygen atoms in total. The van der Waals surface area contributed by atoms with Crippen LogP contribution in [0.4, 0.5) is 0 Å². The van der Waals surface area contributed by atoms with Gasteiger partial charge in [-0.15, -0.1) is 5.10 Å². The van der Waals surface area contributed by atoms with Crippen LogP contribution >= 0.6 is 0 Å². The maximum absolute atomic E-state index is 12.2. The van der Waals surface area contributed by atoms with Crippen LogP contribution in [0.25, 0.3) is 0 Å². The minimum absolute atomic E-state index is 0.0564. The lowest BCUT2D eigenvalue weighted by molar-refractivity contribution is -0.144. The van der Waals surface area contributed by atoms with Gasteiger partial charge in [0.05, 0.1) is 13.2 Å². The van der Waals surface area contributed by atoms with Crippen molar-refractivity contribution < 1.29 is 23.8 Å². The van der Waals surface area contributed by atoms with Crippen molar-refractivity contribution in [3.8, 4) is 5.88 Å². The molecule has 0 radical (unpaired) electrons. The van der Waals surface area contributed by atoms with Crippen molar-refractivity contribution in [3.63, 3.8) is 0 Å². The van der Waals surface area contributed by atoms with Crippen LogP contribution in [0.15, 0.2) is 36.4 Å². The Balaban J connectivity index is 2.09. The topological polar surface area (TPSA) is 79.7 Å². The Hall–Kier alpha value is -2.83. The average Bonchev–Trinajstić information content (AvgIpc) is 3.04. The number of hydrogen-bond donors (Lipinski definition) is 0. The van der Waals surface area contributed by atoms with E-state index in [-0.39, 0.29) is 24.9 Å². The van der Waals surface area contributed by atoms with Crippen molar-refractivity contribution in [1.29, 1.82) is 0 Å². The van der Waals surface area contributed by atoms with E-state index in [0.717, 1.165) is 5.56 Å². The summed E-state index contributed by atoms with van der Waals surface area (Å²) < 4.78 is 17.3. The minimum atomic E-state index is -0.470. The molecule has 2 aromatic rings. The lowest BCUT2D eigenvalue weighted by atomic mass is 10.1. The predicted molar refractivity (Wildman–Crippen MR) is 99.4 cm³/mol. The van der Waals surface area contributed by atoms with Crippen LogP contribution in [0, 0.1) is 5.92 Å². The standard InChI is InChI=1S/C20H26N2O5/c1-4-25-19(23)11-15(3)13-22-17(20(24)26-5-2)12-18(21-22)27-14-16-9-7-6-8-10-16/h6-10,12,15H,4-5,11,13-14H2,1-3H3. The van der Waals surface area contributed by atoms with Gasteiger partial charge in [-0.1, -0.05) is 37.3 Å². The summed E-state index contributed by atoms with van der Waals surface area (Å²) in [5.74, 6) is -0.456. The first-order valence-corrected chi connectivity index (χ1v) is 9.10. The normalized spacial score (nSPS) is 11.7. The van der Waals surface area contributed by atoms with Gasteiger partial charge in [-0.25, -0.2) is 4.79 Å². The van der Waals surface area contributed by atoms with Crippen molar-refractivity contribution in [1.82, 2.24) is 9.78 Å². The summed E-state index contributed by atoms with van der Waals surface area (Å²) in [5, 5.41) is 4.36. The van der Waals surface area contributed by atoms with Crippen LogP contribution in [-0.2, 0) is 27.4 Å². The molecule has 1 aromatic carbocycles. The van der Waals surface area contributed by atoms with E-state index in [2.05, 4.69) is 5.10 Å². The Bertz CT molecular complexity index is 742.